The molecule has 3 unspecified atom stereocenters. The number of carbonyl (C=O) groups excluding carboxylic acids is 1. The number of aryl methyl sites for hydroxylation is 2. The first kappa shape index (κ1) is 21.8. The van der Waals surface area contributed by atoms with Crippen LogP contribution in [-0.4, -0.2) is 46.3 Å². The summed E-state index contributed by atoms with van der Waals surface area (Å²) in [5.74, 6) is 0.344. The maximum absolute atomic E-state index is 13.8. The molecule has 1 amide bonds. The third-order valence-electron chi connectivity index (χ3n) is 6.92. The number of amides is 1. The Morgan fingerprint density at radius 3 is 2.67 bits per heavy atom. The van der Waals surface area contributed by atoms with Crippen LogP contribution in [-0.2, 0) is 0 Å². The third-order valence-corrected chi connectivity index (χ3v) is 6.92. The van der Waals surface area contributed by atoms with Crippen molar-refractivity contribution in [2.45, 2.75) is 38.6 Å². The van der Waals surface area contributed by atoms with E-state index >= 15 is 0 Å². The molecule has 0 spiro atoms. The van der Waals surface area contributed by atoms with Gasteiger partial charge in [-0.2, -0.15) is 5.10 Å². The van der Waals surface area contributed by atoms with Crippen LogP contribution in [0.4, 0.5) is 4.39 Å². The largest absolute Gasteiger partial charge is 0.338 e. The molecule has 7 heteroatoms. The van der Waals surface area contributed by atoms with Crippen LogP contribution in [0.1, 0.15) is 46.1 Å². The highest BCUT2D eigenvalue weighted by Crippen LogP contribution is 2.32. The predicted octanol–water partition coefficient (Wildman–Crippen LogP) is 3.74. The van der Waals surface area contributed by atoms with Crippen LogP contribution in [0, 0.1) is 25.6 Å². The Hall–Kier alpha value is -3.03. The number of rotatable bonds is 4. The molecule has 6 nitrogen and oxygen atoms in total. The number of nitrogens with one attached hydrogen (secondary N) is 2. The van der Waals surface area contributed by atoms with Crippen molar-refractivity contribution in [3.8, 4) is 5.69 Å². The van der Waals surface area contributed by atoms with Crippen molar-refractivity contribution in [2.24, 2.45) is 5.92 Å². The average molecular weight is 448 g/mol. The summed E-state index contributed by atoms with van der Waals surface area (Å²) in [6.07, 6.45) is 2.01. The van der Waals surface area contributed by atoms with Crippen molar-refractivity contribution >= 4 is 5.91 Å². The second-order valence-corrected chi connectivity index (χ2v) is 9.25. The van der Waals surface area contributed by atoms with Crippen LogP contribution < -0.4 is 10.9 Å². The lowest BCUT2D eigenvalue weighted by atomic mass is 9.81. The highest BCUT2D eigenvalue weighted by Gasteiger charge is 2.37. The highest BCUT2D eigenvalue weighted by atomic mass is 19.1. The molecule has 172 valence electrons. The lowest BCUT2D eigenvalue weighted by Crippen LogP contribution is -2.48. The maximum Gasteiger partial charge on any atom is 0.253 e. The Kier molecular flexibility index (Phi) is 6.00. The second-order valence-electron chi connectivity index (χ2n) is 9.25. The first-order valence-corrected chi connectivity index (χ1v) is 11.7. The second kappa shape index (κ2) is 9.08. The number of nitrogens with zero attached hydrogens (tertiary/aromatic N) is 3. The van der Waals surface area contributed by atoms with E-state index in [4.69, 9.17) is 0 Å². The van der Waals surface area contributed by atoms with Gasteiger partial charge in [0.25, 0.3) is 5.91 Å². The van der Waals surface area contributed by atoms with E-state index in [0.29, 0.717) is 18.0 Å². The molecule has 3 atom stereocenters. The zero-order valence-electron chi connectivity index (χ0n) is 19.1. The number of halogens is 1. The van der Waals surface area contributed by atoms with Crippen molar-refractivity contribution < 1.29 is 9.18 Å². The molecular formula is C26H30FN5O. The van der Waals surface area contributed by atoms with E-state index in [0.717, 1.165) is 48.6 Å². The fourth-order valence-corrected chi connectivity index (χ4v) is 5.33. The highest BCUT2D eigenvalue weighted by molar-refractivity contribution is 5.94. The van der Waals surface area contributed by atoms with E-state index in [1.54, 1.807) is 12.1 Å². The van der Waals surface area contributed by atoms with Crippen LogP contribution in [0.5, 0.6) is 0 Å². The molecule has 5 rings (SSSR count). The summed E-state index contributed by atoms with van der Waals surface area (Å²) < 4.78 is 15.7. The fourth-order valence-electron chi connectivity index (χ4n) is 5.33. The van der Waals surface area contributed by atoms with E-state index in [1.165, 1.54) is 6.07 Å². The SMILES string of the molecule is Cc1cc(C)n(-c2ccc(C(=O)N3CCCC(C4NNCC4c4cccc(F)c4)C3)cc2)n1. The van der Waals surface area contributed by atoms with Gasteiger partial charge in [0.1, 0.15) is 5.82 Å². The van der Waals surface area contributed by atoms with E-state index < -0.39 is 0 Å². The fraction of sp³-hybridized carbons (Fsp3) is 0.385. The standard InChI is InChI=1S/C26H30FN5O/c1-17-13-18(2)32(30-17)23-10-8-19(9-11-23)26(33)31-12-4-6-21(16-31)25-24(15-28-29-25)20-5-3-7-22(27)14-20/h3,5,7-11,13-14,21,24-25,28-29H,4,6,12,15-16H2,1-2H3. The molecule has 0 radical (unpaired) electrons. The Morgan fingerprint density at radius 1 is 1.12 bits per heavy atom. The topological polar surface area (TPSA) is 62.2 Å². The van der Waals surface area contributed by atoms with Crippen LogP contribution in [0.3, 0.4) is 0 Å². The predicted molar refractivity (Wildman–Crippen MR) is 126 cm³/mol. The van der Waals surface area contributed by atoms with Gasteiger partial charge in [-0.05, 0) is 80.6 Å². The number of benzene rings is 2. The van der Waals surface area contributed by atoms with Gasteiger partial charge in [0.15, 0.2) is 0 Å². The van der Waals surface area contributed by atoms with Crippen LogP contribution in [0.15, 0.2) is 54.6 Å². The normalized spacial score (nSPS) is 23.1. The number of hydrogen-bond acceptors (Lipinski definition) is 4. The minimum absolute atomic E-state index is 0.0629. The molecule has 3 aromatic rings. The molecule has 2 aliphatic rings. The van der Waals surface area contributed by atoms with Gasteiger partial charge in [0.2, 0.25) is 0 Å². The summed E-state index contributed by atoms with van der Waals surface area (Å²) in [4.78, 5) is 15.3. The van der Waals surface area contributed by atoms with Gasteiger partial charge < -0.3 is 4.90 Å². The Labute approximate surface area is 193 Å². The van der Waals surface area contributed by atoms with Crippen molar-refractivity contribution in [2.75, 3.05) is 19.6 Å². The molecule has 0 saturated carbocycles. The summed E-state index contributed by atoms with van der Waals surface area (Å²) in [5.41, 5.74) is 11.3. The number of aromatic nitrogens is 2. The number of likely N-dealkylation sites (tertiary alicyclic amines) is 1. The molecule has 0 aliphatic carbocycles. The van der Waals surface area contributed by atoms with E-state index in [2.05, 4.69) is 16.0 Å². The molecule has 2 fully saturated rings. The molecule has 2 aromatic carbocycles. The molecular weight excluding hydrogens is 417 g/mol. The molecule has 0 bridgehead atoms. The Balaban J connectivity index is 1.29. The Bertz CT molecular complexity index is 1140. The average Bonchev–Trinajstić information content (AvgIpc) is 3.45. The van der Waals surface area contributed by atoms with E-state index in [1.807, 2.05) is 59.8 Å². The van der Waals surface area contributed by atoms with Gasteiger partial charge >= 0.3 is 0 Å². The quantitative estimate of drug-likeness (QED) is 0.640. The molecule has 33 heavy (non-hydrogen) atoms. The molecule has 2 saturated heterocycles. The first-order valence-electron chi connectivity index (χ1n) is 11.7. The molecule has 2 N–H and O–H groups in total. The first-order chi connectivity index (χ1) is 16.0. The summed E-state index contributed by atoms with van der Waals surface area (Å²) in [6, 6.07) is 16.8. The third kappa shape index (κ3) is 4.43. The van der Waals surface area contributed by atoms with Crippen molar-refractivity contribution in [1.82, 2.24) is 25.5 Å². The summed E-state index contributed by atoms with van der Waals surface area (Å²) in [5, 5.41) is 4.52. The van der Waals surface area contributed by atoms with Crippen molar-refractivity contribution in [3.63, 3.8) is 0 Å². The summed E-state index contributed by atoms with van der Waals surface area (Å²) in [6.45, 7) is 6.21. The Morgan fingerprint density at radius 2 is 1.94 bits per heavy atom. The van der Waals surface area contributed by atoms with Gasteiger partial charge in [-0.15, -0.1) is 0 Å². The molecule has 1 aromatic heterocycles. The summed E-state index contributed by atoms with van der Waals surface area (Å²) >= 11 is 0. The smallest absolute Gasteiger partial charge is 0.253 e. The van der Waals surface area contributed by atoms with Gasteiger partial charge in [0.05, 0.1) is 11.4 Å². The van der Waals surface area contributed by atoms with Gasteiger partial charge in [0, 0.05) is 42.9 Å². The van der Waals surface area contributed by atoms with E-state index in [9.17, 15) is 9.18 Å². The van der Waals surface area contributed by atoms with E-state index in [-0.39, 0.29) is 23.7 Å². The summed E-state index contributed by atoms with van der Waals surface area (Å²) in [7, 11) is 0. The molecule has 3 heterocycles. The number of hydrazine groups is 1. The van der Waals surface area contributed by atoms with Crippen molar-refractivity contribution in [1.29, 1.82) is 0 Å². The number of piperidine rings is 1. The maximum atomic E-state index is 13.8. The van der Waals surface area contributed by atoms with Crippen molar-refractivity contribution in [3.05, 3.63) is 82.9 Å². The van der Waals surface area contributed by atoms with Crippen LogP contribution >= 0.6 is 0 Å². The van der Waals surface area contributed by atoms with Crippen LogP contribution in [0.2, 0.25) is 0 Å². The number of hydrogen-bond donors (Lipinski definition) is 2. The lowest BCUT2D eigenvalue weighted by molar-refractivity contribution is 0.0644. The van der Waals surface area contributed by atoms with Gasteiger partial charge in [-0.25, -0.2) is 9.07 Å². The molecule has 2 aliphatic heterocycles. The minimum atomic E-state index is -0.206. The lowest BCUT2D eigenvalue weighted by Gasteiger charge is -2.37. The zero-order valence-corrected chi connectivity index (χ0v) is 19.1. The number of carbonyl (C=O) groups is 1. The van der Waals surface area contributed by atoms with Crippen LogP contribution in [0.25, 0.3) is 5.69 Å². The zero-order chi connectivity index (χ0) is 22.9. The monoisotopic (exact) mass is 447 g/mol. The van der Waals surface area contributed by atoms with Gasteiger partial charge in [-0.1, -0.05) is 12.1 Å². The minimum Gasteiger partial charge on any atom is -0.338 e. The van der Waals surface area contributed by atoms with Gasteiger partial charge in [-0.3, -0.25) is 15.6 Å².